The van der Waals surface area contributed by atoms with E-state index in [1.165, 1.54) is 11.1 Å². The molecule has 0 unspecified atom stereocenters. The van der Waals surface area contributed by atoms with Crippen LogP contribution >= 0.6 is 0 Å². The summed E-state index contributed by atoms with van der Waals surface area (Å²) in [5, 5.41) is 0. The molecule has 0 aliphatic heterocycles. The first kappa shape index (κ1) is 13.6. The molecule has 0 fully saturated rings. The van der Waals surface area contributed by atoms with Crippen molar-refractivity contribution in [3.8, 4) is 0 Å². The molecule has 3 aromatic rings. The van der Waals surface area contributed by atoms with Gasteiger partial charge in [-0.2, -0.15) is 0 Å². The predicted octanol–water partition coefficient (Wildman–Crippen LogP) is 5.33. The molecule has 1 aliphatic carbocycles. The van der Waals surface area contributed by atoms with Crippen molar-refractivity contribution in [1.82, 2.24) is 0 Å². The van der Waals surface area contributed by atoms with E-state index in [-0.39, 0.29) is 0 Å². The van der Waals surface area contributed by atoms with Crippen molar-refractivity contribution in [3.05, 3.63) is 96.1 Å². The van der Waals surface area contributed by atoms with Crippen molar-refractivity contribution in [2.45, 2.75) is 6.42 Å². The summed E-state index contributed by atoms with van der Waals surface area (Å²) >= 11 is 0. The monoisotopic (exact) mass is 296 g/mol. The Balaban J connectivity index is 1.78. The molecule has 4 rings (SSSR count). The predicted molar refractivity (Wildman–Crippen MR) is 96.3 cm³/mol. The van der Waals surface area contributed by atoms with Crippen LogP contribution in [0.15, 0.2) is 94.9 Å². The third-order valence-electron chi connectivity index (χ3n) is 3.92. The normalized spacial score (nSPS) is 16.7. The second kappa shape index (κ2) is 6.01. The Bertz CT molecular complexity index is 803. The fourth-order valence-corrected chi connectivity index (χ4v) is 2.85. The van der Waals surface area contributed by atoms with Crippen LogP contribution in [0.5, 0.6) is 0 Å². The highest BCUT2D eigenvalue weighted by atomic mass is 14.8. The molecule has 0 N–H and O–H groups in total. The number of fused-ring (bicyclic) bond motifs is 1. The topological polar surface area (TPSA) is 24.7 Å². The molecular formula is C21H16N2. The molecule has 0 heterocycles. The molecule has 2 nitrogen and oxygen atoms in total. The molecule has 110 valence electrons. The van der Waals surface area contributed by atoms with Gasteiger partial charge in [-0.1, -0.05) is 60.7 Å². The lowest BCUT2D eigenvalue weighted by Gasteiger charge is -1.99. The molecule has 3 aromatic carbocycles. The maximum atomic E-state index is 4.83. The Labute approximate surface area is 135 Å². The molecular weight excluding hydrogens is 280 g/mol. The third-order valence-corrected chi connectivity index (χ3v) is 3.92. The fraction of sp³-hybridized carbons (Fsp3) is 0.0476. The smallest absolute Gasteiger partial charge is 0.0633 e. The van der Waals surface area contributed by atoms with Crippen LogP contribution < -0.4 is 0 Å². The summed E-state index contributed by atoms with van der Waals surface area (Å²) in [6.45, 7) is 0. The Morgan fingerprint density at radius 1 is 0.478 bits per heavy atom. The van der Waals surface area contributed by atoms with Crippen molar-refractivity contribution >= 4 is 22.8 Å². The third kappa shape index (κ3) is 2.84. The minimum atomic E-state index is 0.767. The van der Waals surface area contributed by atoms with E-state index in [1.54, 1.807) is 0 Å². The first-order chi connectivity index (χ1) is 11.4. The van der Waals surface area contributed by atoms with Crippen molar-refractivity contribution in [1.29, 1.82) is 0 Å². The maximum Gasteiger partial charge on any atom is 0.0633 e. The van der Waals surface area contributed by atoms with Gasteiger partial charge < -0.3 is 0 Å². The minimum absolute atomic E-state index is 0.767. The average molecular weight is 296 g/mol. The summed E-state index contributed by atoms with van der Waals surface area (Å²) in [5.41, 5.74) is 6.51. The lowest BCUT2D eigenvalue weighted by atomic mass is 10.1. The van der Waals surface area contributed by atoms with Crippen molar-refractivity contribution in [3.63, 3.8) is 0 Å². The molecule has 2 heteroatoms. The number of benzene rings is 3. The summed E-state index contributed by atoms with van der Waals surface area (Å²) in [4.78, 5) is 9.65. The van der Waals surface area contributed by atoms with Crippen LogP contribution in [0.4, 0.5) is 11.4 Å². The van der Waals surface area contributed by atoms with E-state index >= 15 is 0 Å². The van der Waals surface area contributed by atoms with Crippen LogP contribution in [0.1, 0.15) is 17.5 Å². The van der Waals surface area contributed by atoms with Crippen LogP contribution in [0.3, 0.4) is 0 Å². The Morgan fingerprint density at radius 3 is 1.30 bits per heavy atom. The lowest BCUT2D eigenvalue weighted by Crippen LogP contribution is -1.95. The zero-order valence-corrected chi connectivity index (χ0v) is 12.7. The van der Waals surface area contributed by atoms with Crippen LogP contribution in [0.2, 0.25) is 0 Å². The van der Waals surface area contributed by atoms with Crippen LogP contribution in [0.25, 0.3) is 0 Å². The second-order valence-electron chi connectivity index (χ2n) is 5.51. The summed E-state index contributed by atoms with van der Waals surface area (Å²) < 4.78 is 0. The zero-order chi connectivity index (χ0) is 15.5. The lowest BCUT2D eigenvalue weighted by molar-refractivity contribution is 1.44. The van der Waals surface area contributed by atoms with Crippen LogP contribution in [-0.2, 0) is 0 Å². The van der Waals surface area contributed by atoms with Gasteiger partial charge >= 0.3 is 0 Å². The number of aliphatic imine (C=N–C) groups is 2. The van der Waals surface area contributed by atoms with E-state index in [0.29, 0.717) is 0 Å². The molecule has 0 amide bonds. The number of rotatable bonds is 2. The van der Waals surface area contributed by atoms with Crippen LogP contribution in [-0.4, -0.2) is 11.4 Å². The van der Waals surface area contributed by atoms with E-state index in [0.717, 1.165) is 29.2 Å². The fourth-order valence-electron chi connectivity index (χ4n) is 2.85. The van der Waals surface area contributed by atoms with Crippen molar-refractivity contribution < 1.29 is 0 Å². The van der Waals surface area contributed by atoms with Gasteiger partial charge in [-0.15, -0.1) is 0 Å². The highest BCUT2D eigenvalue weighted by Crippen LogP contribution is 2.27. The Hall–Kier alpha value is -3.00. The van der Waals surface area contributed by atoms with E-state index in [9.17, 15) is 0 Å². The van der Waals surface area contributed by atoms with E-state index in [1.807, 2.05) is 60.7 Å². The van der Waals surface area contributed by atoms with Gasteiger partial charge in [-0.05, 0) is 24.3 Å². The van der Waals surface area contributed by atoms with Gasteiger partial charge in [0.15, 0.2) is 0 Å². The number of nitrogens with zero attached hydrogens (tertiary/aromatic N) is 2. The molecule has 1 aliphatic rings. The SMILES string of the molecule is c1ccc(N=C2CC(=Nc3ccccc3)c3ccccc32)cc1. The largest absolute Gasteiger partial charge is 0.252 e. The highest BCUT2D eigenvalue weighted by molar-refractivity contribution is 6.28. The van der Waals surface area contributed by atoms with Gasteiger partial charge in [0.05, 0.1) is 22.8 Å². The summed E-state index contributed by atoms with van der Waals surface area (Å²) in [5.74, 6) is 0. The van der Waals surface area contributed by atoms with Gasteiger partial charge in [0, 0.05) is 17.5 Å². The first-order valence-electron chi connectivity index (χ1n) is 7.75. The Kier molecular flexibility index (Phi) is 3.57. The zero-order valence-electron chi connectivity index (χ0n) is 12.7. The average Bonchev–Trinajstić information content (AvgIpc) is 2.95. The first-order valence-corrected chi connectivity index (χ1v) is 7.75. The summed E-state index contributed by atoms with van der Waals surface area (Å²) in [7, 11) is 0. The minimum Gasteiger partial charge on any atom is -0.252 e. The number of para-hydroxylation sites is 2. The molecule has 0 aromatic heterocycles. The molecule has 23 heavy (non-hydrogen) atoms. The Morgan fingerprint density at radius 2 is 0.870 bits per heavy atom. The van der Waals surface area contributed by atoms with Gasteiger partial charge in [-0.3, -0.25) is 9.98 Å². The van der Waals surface area contributed by atoms with Crippen molar-refractivity contribution in [2.24, 2.45) is 9.98 Å². The van der Waals surface area contributed by atoms with Gasteiger partial charge in [0.1, 0.15) is 0 Å². The standard InChI is InChI=1S/C21H16N2/c1-3-9-16(10-4-1)22-20-15-21(19-14-8-7-13-18(19)20)23-17-11-5-2-6-12-17/h1-14H,15H2. The number of hydrogen-bond acceptors (Lipinski definition) is 2. The summed E-state index contributed by atoms with van der Waals surface area (Å²) in [6.07, 6.45) is 0.767. The van der Waals surface area contributed by atoms with E-state index in [4.69, 9.17) is 9.98 Å². The van der Waals surface area contributed by atoms with Crippen LogP contribution in [0, 0.1) is 0 Å². The van der Waals surface area contributed by atoms with Crippen molar-refractivity contribution in [2.75, 3.05) is 0 Å². The second-order valence-corrected chi connectivity index (χ2v) is 5.51. The molecule has 0 atom stereocenters. The van der Waals surface area contributed by atoms with E-state index in [2.05, 4.69) is 24.3 Å². The molecule has 0 bridgehead atoms. The molecule has 0 saturated heterocycles. The maximum absolute atomic E-state index is 4.83. The number of hydrogen-bond donors (Lipinski definition) is 0. The van der Waals surface area contributed by atoms with Gasteiger partial charge in [0.2, 0.25) is 0 Å². The van der Waals surface area contributed by atoms with E-state index < -0.39 is 0 Å². The summed E-state index contributed by atoms with van der Waals surface area (Å²) in [6, 6.07) is 28.6. The molecule has 0 saturated carbocycles. The van der Waals surface area contributed by atoms with Gasteiger partial charge in [-0.25, -0.2) is 0 Å². The highest BCUT2D eigenvalue weighted by Gasteiger charge is 2.23. The quantitative estimate of drug-likeness (QED) is 0.610. The van der Waals surface area contributed by atoms with Gasteiger partial charge in [0.25, 0.3) is 0 Å². The molecule has 0 radical (unpaired) electrons. The molecule has 0 spiro atoms.